The Labute approximate surface area is 214 Å². The molecule has 1 N–H and O–H groups in total. The number of nitrogens with zero attached hydrogens (tertiary/aromatic N) is 1. The molecule has 8 heteroatoms. The summed E-state index contributed by atoms with van der Waals surface area (Å²) >= 11 is 12.4. The second kappa shape index (κ2) is 13.1. The molecule has 0 saturated carbocycles. The lowest BCUT2D eigenvalue weighted by Gasteiger charge is -2.31. The van der Waals surface area contributed by atoms with Crippen molar-refractivity contribution in [2.45, 2.75) is 32.4 Å². The van der Waals surface area contributed by atoms with Crippen molar-refractivity contribution in [3.8, 4) is 5.75 Å². The van der Waals surface area contributed by atoms with E-state index in [2.05, 4.69) is 5.32 Å². The highest BCUT2D eigenvalue weighted by molar-refractivity contribution is 6.35. The van der Waals surface area contributed by atoms with Gasteiger partial charge in [-0.2, -0.15) is 0 Å². The summed E-state index contributed by atoms with van der Waals surface area (Å²) in [5, 5.41) is 3.72. The van der Waals surface area contributed by atoms with Crippen molar-refractivity contribution in [1.29, 1.82) is 0 Å². The van der Waals surface area contributed by atoms with Crippen LogP contribution in [0.15, 0.2) is 72.8 Å². The summed E-state index contributed by atoms with van der Waals surface area (Å²) in [6.07, 6.45) is 1.03. The average Bonchev–Trinajstić information content (AvgIpc) is 2.85. The molecule has 0 aliphatic carbocycles. The molecule has 0 saturated heterocycles. The van der Waals surface area contributed by atoms with Gasteiger partial charge in [-0.15, -0.1) is 0 Å². The van der Waals surface area contributed by atoms with Crippen LogP contribution in [0.3, 0.4) is 0 Å². The maximum atomic E-state index is 14.0. The number of ether oxygens (including phenoxy) is 1. The van der Waals surface area contributed by atoms with Crippen LogP contribution in [0.25, 0.3) is 0 Å². The zero-order valence-electron chi connectivity index (χ0n) is 19.3. The van der Waals surface area contributed by atoms with E-state index >= 15 is 0 Å². The van der Waals surface area contributed by atoms with Crippen molar-refractivity contribution in [3.05, 3.63) is 99.8 Å². The fourth-order valence-electron chi connectivity index (χ4n) is 3.54. The van der Waals surface area contributed by atoms with Gasteiger partial charge in [0, 0.05) is 29.6 Å². The van der Waals surface area contributed by atoms with Crippen LogP contribution < -0.4 is 10.1 Å². The average molecular weight is 517 g/mol. The van der Waals surface area contributed by atoms with E-state index in [0.29, 0.717) is 22.2 Å². The first kappa shape index (κ1) is 26.5. The van der Waals surface area contributed by atoms with Gasteiger partial charge in [-0.3, -0.25) is 9.59 Å². The Morgan fingerprint density at radius 3 is 2.43 bits per heavy atom. The van der Waals surface area contributed by atoms with Crippen LogP contribution in [0, 0.1) is 5.82 Å². The van der Waals surface area contributed by atoms with Crippen LogP contribution in [-0.4, -0.2) is 35.9 Å². The third-order valence-electron chi connectivity index (χ3n) is 5.36. The zero-order chi connectivity index (χ0) is 25.2. The lowest BCUT2D eigenvalue weighted by molar-refractivity contribution is -0.142. The molecule has 0 aliphatic heterocycles. The van der Waals surface area contributed by atoms with Crippen molar-refractivity contribution < 1.29 is 18.7 Å². The minimum absolute atomic E-state index is 0.0413. The number of carbonyl (C=O) groups is 2. The van der Waals surface area contributed by atoms with Crippen LogP contribution in [0.4, 0.5) is 4.39 Å². The number of benzene rings is 3. The number of hydrogen-bond acceptors (Lipinski definition) is 3. The summed E-state index contributed by atoms with van der Waals surface area (Å²) < 4.78 is 19.5. The fraction of sp³-hybridized carbons (Fsp3) is 0.259. The highest BCUT2D eigenvalue weighted by Crippen LogP contribution is 2.24. The topological polar surface area (TPSA) is 58.6 Å². The van der Waals surface area contributed by atoms with Crippen molar-refractivity contribution >= 4 is 35.0 Å². The molecule has 2 amide bonds. The predicted octanol–water partition coefficient (Wildman–Crippen LogP) is 5.68. The summed E-state index contributed by atoms with van der Waals surface area (Å²) in [5.74, 6) is -1.39. The molecule has 0 aliphatic rings. The first-order chi connectivity index (χ1) is 16.9. The lowest BCUT2D eigenvalue weighted by atomic mass is 10.0. The maximum Gasteiger partial charge on any atom is 0.261 e. The summed E-state index contributed by atoms with van der Waals surface area (Å²) in [7, 11) is 0. The van der Waals surface area contributed by atoms with Crippen LogP contribution in [0.1, 0.15) is 24.5 Å². The van der Waals surface area contributed by atoms with E-state index in [9.17, 15) is 14.0 Å². The van der Waals surface area contributed by atoms with E-state index in [0.717, 1.165) is 12.0 Å². The number of hydrogen-bond donors (Lipinski definition) is 1. The van der Waals surface area contributed by atoms with Crippen molar-refractivity contribution in [2.24, 2.45) is 0 Å². The first-order valence-corrected chi connectivity index (χ1v) is 12.1. The summed E-state index contributed by atoms with van der Waals surface area (Å²) in [5.41, 5.74) is 1.51. The van der Waals surface area contributed by atoms with Crippen LogP contribution in [0.5, 0.6) is 5.75 Å². The Morgan fingerprint density at radius 2 is 1.74 bits per heavy atom. The van der Waals surface area contributed by atoms with Gasteiger partial charge in [-0.1, -0.05) is 78.7 Å². The molecule has 0 fully saturated rings. The number of halogens is 3. The standard InChI is InChI=1S/C27H27Cl2FN2O3/c1-2-14-31-27(34)24(15-19-8-4-3-5-9-19)32(17-20-12-13-21(28)16-22(20)29)26(33)18-35-25-11-7-6-10-23(25)30/h3-13,16,24H,2,14-15,17-18H2,1H3,(H,31,34)/t24-/m1/s1. The van der Waals surface area contributed by atoms with Gasteiger partial charge in [-0.25, -0.2) is 4.39 Å². The first-order valence-electron chi connectivity index (χ1n) is 11.3. The molecule has 0 spiro atoms. The molecule has 0 aromatic heterocycles. The van der Waals surface area contributed by atoms with E-state index in [1.807, 2.05) is 37.3 Å². The number of carbonyl (C=O) groups excluding carboxylic acids is 2. The third kappa shape index (κ3) is 7.70. The molecule has 3 rings (SSSR count). The monoisotopic (exact) mass is 516 g/mol. The van der Waals surface area contributed by atoms with E-state index in [-0.39, 0.29) is 24.6 Å². The lowest BCUT2D eigenvalue weighted by Crippen LogP contribution is -2.51. The molecule has 5 nitrogen and oxygen atoms in total. The molecule has 1 atom stereocenters. The van der Waals surface area contributed by atoms with Gasteiger partial charge >= 0.3 is 0 Å². The molecule has 0 radical (unpaired) electrons. The smallest absolute Gasteiger partial charge is 0.261 e. The molecule has 35 heavy (non-hydrogen) atoms. The number of nitrogens with one attached hydrogen (secondary N) is 1. The molecule has 0 heterocycles. The zero-order valence-corrected chi connectivity index (χ0v) is 20.9. The highest BCUT2D eigenvalue weighted by atomic mass is 35.5. The Bertz CT molecular complexity index is 1140. The number of rotatable bonds is 11. The van der Waals surface area contributed by atoms with Gasteiger partial charge in [0.1, 0.15) is 6.04 Å². The Hall–Kier alpha value is -3.09. The van der Waals surface area contributed by atoms with E-state index in [1.165, 1.54) is 23.1 Å². The van der Waals surface area contributed by atoms with Gasteiger partial charge in [0.05, 0.1) is 0 Å². The van der Waals surface area contributed by atoms with Crippen LogP contribution in [-0.2, 0) is 22.6 Å². The Balaban J connectivity index is 1.93. The van der Waals surface area contributed by atoms with E-state index < -0.39 is 24.4 Å². The minimum Gasteiger partial charge on any atom is -0.481 e. The second-order valence-electron chi connectivity index (χ2n) is 7.97. The molecule has 3 aromatic carbocycles. The predicted molar refractivity (Wildman–Crippen MR) is 136 cm³/mol. The van der Waals surface area contributed by atoms with Gasteiger partial charge < -0.3 is 15.0 Å². The molecular formula is C27H27Cl2FN2O3. The highest BCUT2D eigenvalue weighted by Gasteiger charge is 2.31. The molecular weight excluding hydrogens is 490 g/mol. The van der Waals surface area contributed by atoms with Crippen molar-refractivity contribution in [2.75, 3.05) is 13.2 Å². The number of amides is 2. The summed E-state index contributed by atoms with van der Waals surface area (Å²) in [6, 6.07) is 19.4. The molecule has 184 valence electrons. The van der Waals surface area contributed by atoms with E-state index in [4.69, 9.17) is 27.9 Å². The second-order valence-corrected chi connectivity index (χ2v) is 8.82. The summed E-state index contributed by atoms with van der Waals surface area (Å²) in [4.78, 5) is 28.1. The van der Waals surface area contributed by atoms with E-state index in [1.54, 1.807) is 24.3 Å². The van der Waals surface area contributed by atoms with Crippen LogP contribution >= 0.6 is 23.2 Å². The van der Waals surface area contributed by atoms with Gasteiger partial charge in [-0.05, 0) is 41.8 Å². The molecule has 3 aromatic rings. The normalized spacial score (nSPS) is 11.5. The number of para-hydroxylation sites is 1. The van der Waals surface area contributed by atoms with Gasteiger partial charge in [0.15, 0.2) is 18.2 Å². The Morgan fingerprint density at radius 1 is 1.03 bits per heavy atom. The summed E-state index contributed by atoms with van der Waals surface area (Å²) in [6.45, 7) is 2.02. The van der Waals surface area contributed by atoms with Crippen molar-refractivity contribution in [1.82, 2.24) is 10.2 Å². The SMILES string of the molecule is CCCNC(=O)[C@@H](Cc1ccccc1)N(Cc1ccc(Cl)cc1Cl)C(=O)COc1ccccc1F. The van der Waals surface area contributed by atoms with Crippen LogP contribution in [0.2, 0.25) is 10.0 Å². The molecule has 0 unspecified atom stereocenters. The largest absolute Gasteiger partial charge is 0.481 e. The van der Waals surface area contributed by atoms with Crippen molar-refractivity contribution in [3.63, 3.8) is 0 Å². The molecule has 0 bridgehead atoms. The third-order valence-corrected chi connectivity index (χ3v) is 5.95. The quantitative estimate of drug-likeness (QED) is 0.356. The fourth-order valence-corrected chi connectivity index (χ4v) is 4.01. The maximum absolute atomic E-state index is 14.0. The minimum atomic E-state index is -0.840. The Kier molecular flexibility index (Phi) is 9.94. The van der Waals surface area contributed by atoms with Gasteiger partial charge in [0.25, 0.3) is 5.91 Å². The van der Waals surface area contributed by atoms with Gasteiger partial charge in [0.2, 0.25) is 5.91 Å².